The van der Waals surface area contributed by atoms with Crippen LogP contribution >= 0.6 is 11.6 Å². The first-order valence-electron chi connectivity index (χ1n) is 9.15. The predicted octanol–water partition coefficient (Wildman–Crippen LogP) is 5.12. The molecule has 3 aromatic carbocycles. The Balaban J connectivity index is 1.77. The first kappa shape index (κ1) is 21.4. The van der Waals surface area contributed by atoms with Gasteiger partial charge >= 0.3 is 0 Å². The van der Waals surface area contributed by atoms with E-state index in [4.69, 9.17) is 26.6 Å². The number of hydrogen-bond donors (Lipinski definition) is 3. The molecule has 32 heavy (non-hydrogen) atoms. The molecule has 4 N–H and O–H groups in total. The summed E-state index contributed by atoms with van der Waals surface area (Å²) in [4.78, 5) is 4.02. The number of para-hydroxylation sites is 1. The third kappa shape index (κ3) is 4.29. The van der Waals surface area contributed by atoms with Gasteiger partial charge in [-0.2, -0.15) is 13.7 Å². The third-order valence-corrected chi connectivity index (χ3v) is 5.75. The van der Waals surface area contributed by atoms with Crippen molar-refractivity contribution in [3.8, 4) is 17.6 Å². The Morgan fingerprint density at radius 2 is 1.88 bits per heavy atom. The Morgan fingerprint density at radius 1 is 1.12 bits per heavy atom. The standard InChI is InChI=1S/C22H15ClN4O4S/c23-18-2-1-3-20(22(18)31-15-5-7-16(8-6-15)32(28,29)30)27-21-13(11-24)12-26-19-9-4-14(25)10-17(19)21/h1-10,12H,25H2,(H,26,27)(H,28,29,30). The van der Waals surface area contributed by atoms with Gasteiger partial charge in [-0.1, -0.05) is 17.7 Å². The topological polar surface area (TPSA) is 138 Å². The molecule has 0 aliphatic heterocycles. The zero-order chi connectivity index (χ0) is 22.9. The van der Waals surface area contributed by atoms with Crippen molar-refractivity contribution >= 4 is 49.7 Å². The van der Waals surface area contributed by atoms with Crippen molar-refractivity contribution in [2.24, 2.45) is 0 Å². The molecule has 1 heterocycles. The lowest BCUT2D eigenvalue weighted by molar-refractivity contribution is 0.479. The molecule has 0 unspecified atom stereocenters. The minimum atomic E-state index is -4.32. The van der Waals surface area contributed by atoms with Gasteiger partial charge in [0.25, 0.3) is 10.1 Å². The minimum absolute atomic E-state index is 0.256. The molecule has 0 aliphatic rings. The highest BCUT2D eigenvalue weighted by atomic mass is 35.5. The number of ether oxygens (including phenoxy) is 1. The van der Waals surface area contributed by atoms with Crippen LogP contribution in [0.15, 0.2) is 71.8 Å². The number of benzene rings is 3. The number of nitrogen functional groups attached to an aromatic ring is 1. The molecule has 1 aromatic heterocycles. The van der Waals surface area contributed by atoms with Gasteiger partial charge in [0.15, 0.2) is 5.75 Å². The van der Waals surface area contributed by atoms with Gasteiger partial charge in [0.2, 0.25) is 0 Å². The van der Waals surface area contributed by atoms with Crippen LogP contribution in [0.3, 0.4) is 0 Å². The molecule has 0 bridgehead atoms. The van der Waals surface area contributed by atoms with Crippen LogP contribution in [0.1, 0.15) is 5.56 Å². The largest absolute Gasteiger partial charge is 0.454 e. The molecular formula is C22H15ClN4O4S. The number of nitriles is 1. The van der Waals surface area contributed by atoms with E-state index in [1.54, 1.807) is 36.4 Å². The van der Waals surface area contributed by atoms with E-state index >= 15 is 0 Å². The van der Waals surface area contributed by atoms with Crippen LogP contribution < -0.4 is 15.8 Å². The highest BCUT2D eigenvalue weighted by molar-refractivity contribution is 7.85. The molecule has 4 rings (SSSR count). The second-order valence-corrected chi connectivity index (χ2v) is 8.55. The zero-order valence-corrected chi connectivity index (χ0v) is 17.9. The lowest BCUT2D eigenvalue weighted by Gasteiger charge is -2.17. The summed E-state index contributed by atoms with van der Waals surface area (Å²) in [6.07, 6.45) is 1.46. The fourth-order valence-electron chi connectivity index (χ4n) is 3.07. The second-order valence-electron chi connectivity index (χ2n) is 6.73. The van der Waals surface area contributed by atoms with E-state index in [0.717, 1.165) is 0 Å². The third-order valence-electron chi connectivity index (χ3n) is 4.58. The van der Waals surface area contributed by atoms with E-state index in [-0.39, 0.29) is 21.4 Å². The van der Waals surface area contributed by atoms with E-state index in [0.29, 0.717) is 33.5 Å². The lowest BCUT2D eigenvalue weighted by Crippen LogP contribution is -2.00. The van der Waals surface area contributed by atoms with Crippen molar-refractivity contribution in [3.63, 3.8) is 0 Å². The summed E-state index contributed by atoms with van der Waals surface area (Å²) >= 11 is 6.37. The molecule has 0 saturated heterocycles. The van der Waals surface area contributed by atoms with Gasteiger partial charge < -0.3 is 15.8 Å². The molecule has 0 amide bonds. The number of nitrogens with two attached hydrogens (primary N) is 1. The first-order valence-corrected chi connectivity index (χ1v) is 11.0. The maximum absolute atomic E-state index is 11.2. The molecule has 0 aliphatic carbocycles. The summed E-state index contributed by atoms with van der Waals surface area (Å²) in [7, 11) is -4.32. The smallest absolute Gasteiger partial charge is 0.294 e. The molecular weight excluding hydrogens is 452 g/mol. The van der Waals surface area contributed by atoms with Crippen molar-refractivity contribution in [1.29, 1.82) is 5.26 Å². The Morgan fingerprint density at radius 3 is 2.56 bits per heavy atom. The Bertz CT molecular complexity index is 1480. The van der Waals surface area contributed by atoms with Crippen molar-refractivity contribution in [3.05, 3.63) is 77.4 Å². The van der Waals surface area contributed by atoms with Crippen molar-refractivity contribution in [2.75, 3.05) is 11.1 Å². The quantitative estimate of drug-likeness (QED) is 0.272. The number of nitrogens with zero attached hydrogens (tertiary/aromatic N) is 2. The lowest BCUT2D eigenvalue weighted by atomic mass is 10.1. The SMILES string of the molecule is N#Cc1cnc2ccc(N)cc2c1Nc1cccc(Cl)c1Oc1ccc(S(=O)(=O)O)cc1. The van der Waals surface area contributed by atoms with Crippen LogP contribution in [0.2, 0.25) is 5.02 Å². The van der Waals surface area contributed by atoms with Crippen LogP contribution in [-0.2, 0) is 10.1 Å². The summed E-state index contributed by atoms with van der Waals surface area (Å²) in [6, 6.07) is 17.5. The number of rotatable bonds is 5. The van der Waals surface area contributed by atoms with E-state index in [1.807, 2.05) is 0 Å². The summed E-state index contributed by atoms with van der Waals surface area (Å²) in [5.74, 6) is 0.546. The number of hydrogen-bond acceptors (Lipinski definition) is 7. The van der Waals surface area contributed by atoms with Gasteiger partial charge in [0, 0.05) is 17.3 Å². The van der Waals surface area contributed by atoms with Crippen LogP contribution in [0.4, 0.5) is 17.1 Å². The highest BCUT2D eigenvalue weighted by Gasteiger charge is 2.16. The van der Waals surface area contributed by atoms with Gasteiger partial charge in [-0.15, -0.1) is 0 Å². The van der Waals surface area contributed by atoms with Gasteiger partial charge in [-0.05, 0) is 54.6 Å². The molecule has 0 spiro atoms. The first-order chi connectivity index (χ1) is 15.3. The van der Waals surface area contributed by atoms with Gasteiger partial charge in [0.05, 0.1) is 32.4 Å². The van der Waals surface area contributed by atoms with Crippen LogP contribution in [0, 0.1) is 11.3 Å². The second kappa shape index (κ2) is 8.36. The monoisotopic (exact) mass is 466 g/mol. The minimum Gasteiger partial charge on any atom is -0.454 e. The Hall–Kier alpha value is -3.84. The number of nitrogens with one attached hydrogen (secondary N) is 1. The fourth-order valence-corrected chi connectivity index (χ4v) is 3.77. The summed E-state index contributed by atoms with van der Waals surface area (Å²) < 4.78 is 37.5. The van der Waals surface area contributed by atoms with Gasteiger partial charge in [-0.3, -0.25) is 9.54 Å². The number of fused-ring (bicyclic) bond motifs is 1. The molecule has 160 valence electrons. The van der Waals surface area contributed by atoms with Crippen LogP contribution in [0.25, 0.3) is 10.9 Å². The number of halogens is 1. The van der Waals surface area contributed by atoms with E-state index < -0.39 is 10.1 Å². The number of aromatic nitrogens is 1. The van der Waals surface area contributed by atoms with Crippen molar-refractivity contribution < 1.29 is 17.7 Å². The van der Waals surface area contributed by atoms with Gasteiger partial charge in [0.1, 0.15) is 11.8 Å². The molecule has 0 saturated carbocycles. The van der Waals surface area contributed by atoms with E-state index in [9.17, 15) is 13.7 Å². The van der Waals surface area contributed by atoms with Crippen molar-refractivity contribution in [1.82, 2.24) is 4.98 Å². The maximum Gasteiger partial charge on any atom is 0.294 e. The van der Waals surface area contributed by atoms with Crippen molar-refractivity contribution in [2.45, 2.75) is 4.90 Å². The average Bonchev–Trinajstić information content (AvgIpc) is 2.76. The normalized spacial score (nSPS) is 11.2. The Kier molecular flexibility index (Phi) is 5.59. The summed E-state index contributed by atoms with van der Waals surface area (Å²) in [5, 5.41) is 13.7. The molecule has 0 atom stereocenters. The fraction of sp³-hybridized carbons (Fsp3) is 0. The zero-order valence-electron chi connectivity index (χ0n) is 16.3. The molecule has 10 heteroatoms. The van der Waals surface area contributed by atoms with Crippen LogP contribution in [-0.4, -0.2) is 18.0 Å². The van der Waals surface area contributed by atoms with E-state index in [1.165, 1.54) is 30.5 Å². The average molecular weight is 467 g/mol. The summed E-state index contributed by atoms with van der Waals surface area (Å²) in [5.41, 5.74) is 8.33. The molecule has 0 radical (unpaired) electrons. The summed E-state index contributed by atoms with van der Waals surface area (Å²) in [6.45, 7) is 0. The number of pyridine rings is 1. The number of anilines is 3. The molecule has 8 nitrogen and oxygen atoms in total. The molecule has 4 aromatic rings. The highest BCUT2D eigenvalue weighted by Crippen LogP contribution is 2.40. The van der Waals surface area contributed by atoms with E-state index in [2.05, 4.69) is 16.4 Å². The van der Waals surface area contributed by atoms with Gasteiger partial charge in [-0.25, -0.2) is 0 Å². The Labute approximate surface area is 188 Å². The van der Waals surface area contributed by atoms with Crippen LogP contribution in [0.5, 0.6) is 11.5 Å². The molecule has 0 fully saturated rings. The maximum atomic E-state index is 11.2. The predicted molar refractivity (Wildman–Crippen MR) is 122 cm³/mol.